The van der Waals surface area contributed by atoms with Gasteiger partial charge >= 0.3 is 6.09 Å². The molecule has 0 aromatic heterocycles. The van der Waals surface area contributed by atoms with Crippen molar-refractivity contribution in [3.05, 3.63) is 0 Å². The van der Waals surface area contributed by atoms with E-state index in [4.69, 9.17) is 4.74 Å². The van der Waals surface area contributed by atoms with Crippen LogP contribution in [0, 0.1) is 5.41 Å². The molecule has 0 bridgehead atoms. The third kappa shape index (κ3) is 3.63. The van der Waals surface area contributed by atoms with E-state index in [0.717, 1.165) is 0 Å². The topological polar surface area (TPSA) is 50.4 Å². The van der Waals surface area contributed by atoms with E-state index in [2.05, 4.69) is 10.6 Å². The first-order chi connectivity index (χ1) is 7.23. The van der Waals surface area contributed by atoms with Crippen LogP contribution in [0.4, 0.5) is 9.18 Å². The normalized spacial score (nSPS) is 30.2. The van der Waals surface area contributed by atoms with Crippen LogP contribution in [0.2, 0.25) is 0 Å². The van der Waals surface area contributed by atoms with Gasteiger partial charge in [0.05, 0.1) is 0 Å². The highest BCUT2D eigenvalue weighted by atomic mass is 19.1. The molecule has 2 N–H and O–H groups in total. The highest BCUT2D eigenvalue weighted by Gasteiger charge is 2.39. The number of carbonyl (C=O) groups excluding carboxylic acids is 1. The van der Waals surface area contributed by atoms with E-state index < -0.39 is 23.3 Å². The van der Waals surface area contributed by atoms with E-state index in [1.807, 2.05) is 6.92 Å². The van der Waals surface area contributed by atoms with Crippen LogP contribution in [0.15, 0.2) is 0 Å². The fourth-order valence-corrected chi connectivity index (χ4v) is 1.60. The second-order valence-electron chi connectivity index (χ2n) is 5.61. The fraction of sp³-hybridized carbons (Fsp3) is 0.909. The molecule has 1 unspecified atom stereocenters. The lowest BCUT2D eigenvalue weighted by Gasteiger charge is -2.27. The van der Waals surface area contributed by atoms with Crippen LogP contribution in [-0.4, -0.2) is 37.5 Å². The summed E-state index contributed by atoms with van der Waals surface area (Å²) in [5, 5.41) is 5.58. The Balaban J connectivity index is 2.37. The van der Waals surface area contributed by atoms with Crippen molar-refractivity contribution in [2.24, 2.45) is 5.41 Å². The molecule has 0 saturated carbocycles. The Labute approximate surface area is 95.9 Å². The van der Waals surface area contributed by atoms with Crippen molar-refractivity contribution in [1.82, 2.24) is 10.6 Å². The number of hydrogen-bond acceptors (Lipinski definition) is 3. The minimum atomic E-state index is -0.928. The Hall–Kier alpha value is -0.840. The molecule has 1 saturated heterocycles. The Morgan fingerprint density at radius 3 is 2.69 bits per heavy atom. The van der Waals surface area contributed by atoms with Gasteiger partial charge in [0.1, 0.15) is 11.8 Å². The lowest BCUT2D eigenvalue weighted by Crippen LogP contribution is -2.43. The van der Waals surface area contributed by atoms with E-state index in [1.165, 1.54) is 0 Å². The lowest BCUT2D eigenvalue weighted by molar-refractivity contribution is 0.0489. The van der Waals surface area contributed by atoms with Crippen LogP contribution >= 0.6 is 0 Å². The highest BCUT2D eigenvalue weighted by Crippen LogP contribution is 2.26. The molecule has 1 heterocycles. The molecule has 94 valence electrons. The summed E-state index contributed by atoms with van der Waals surface area (Å²) >= 11 is 0. The molecule has 0 aromatic carbocycles. The van der Waals surface area contributed by atoms with E-state index in [0.29, 0.717) is 13.1 Å². The molecule has 1 aliphatic rings. The lowest BCUT2D eigenvalue weighted by atomic mass is 9.88. The number of alkyl halides is 1. The summed E-state index contributed by atoms with van der Waals surface area (Å²) in [5.41, 5.74) is -1.05. The Morgan fingerprint density at radius 1 is 1.62 bits per heavy atom. The third-order valence-corrected chi connectivity index (χ3v) is 2.64. The van der Waals surface area contributed by atoms with Gasteiger partial charge < -0.3 is 15.4 Å². The number of rotatable bonds is 2. The van der Waals surface area contributed by atoms with Crippen LogP contribution in [0.25, 0.3) is 0 Å². The average molecular weight is 232 g/mol. The van der Waals surface area contributed by atoms with Crippen molar-refractivity contribution in [3.8, 4) is 0 Å². The molecule has 1 aliphatic heterocycles. The number of halogens is 1. The summed E-state index contributed by atoms with van der Waals surface area (Å²) in [6, 6.07) is 0. The van der Waals surface area contributed by atoms with Crippen LogP contribution in [0.3, 0.4) is 0 Å². The molecular weight excluding hydrogens is 211 g/mol. The van der Waals surface area contributed by atoms with Gasteiger partial charge in [-0.1, -0.05) is 6.92 Å². The Bertz CT molecular complexity index is 265. The summed E-state index contributed by atoms with van der Waals surface area (Å²) in [7, 11) is 0. The van der Waals surface area contributed by atoms with Crippen LogP contribution in [-0.2, 0) is 4.74 Å². The van der Waals surface area contributed by atoms with Gasteiger partial charge in [-0.3, -0.25) is 0 Å². The molecule has 16 heavy (non-hydrogen) atoms. The van der Waals surface area contributed by atoms with Crippen molar-refractivity contribution < 1.29 is 13.9 Å². The zero-order valence-electron chi connectivity index (χ0n) is 10.4. The molecule has 1 amide bonds. The molecular formula is C11H21FN2O2. The molecule has 0 spiro atoms. The zero-order valence-corrected chi connectivity index (χ0v) is 10.4. The molecule has 0 aliphatic carbocycles. The summed E-state index contributed by atoms with van der Waals surface area (Å²) < 4.78 is 18.6. The van der Waals surface area contributed by atoms with Gasteiger partial charge in [-0.2, -0.15) is 0 Å². The minimum Gasteiger partial charge on any atom is -0.444 e. The standard InChI is InChI=1S/C11H21FN2O2/c1-10(2,3)16-9(15)14-7-11(4)6-13-5-8(11)12/h8,13H,5-7H2,1-4H3,(H,14,15)/t8?,11-/m1/s1. The molecule has 0 aromatic rings. The second kappa shape index (κ2) is 4.57. The molecule has 5 heteroatoms. The van der Waals surface area contributed by atoms with E-state index in [9.17, 15) is 9.18 Å². The van der Waals surface area contributed by atoms with Gasteiger partial charge in [-0.15, -0.1) is 0 Å². The summed E-state index contributed by atoms with van der Waals surface area (Å²) in [6.45, 7) is 8.41. The molecule has 1 fully saturated rings. The van der Waals surface area contributed by atoms with Gasteiger partial charge in [0.25, 0.3) is 0 Å². The number of ether oxygens (including phenoxy) is 1. The number of amides is 1. The predicted octanol–water partition coefficient (Wildman–Crippen LogP) is 1.46. The Kier molecular flexibility index (Phi) is 3.78. The van der Waals surface area contributed by atoms with Crippen LogP contribution in [0.1, 0.15) is 27.7 Å². The maximum atomic E-state index is 13.5. The van der Waals surface area contributed by atoms with E-state index in [1.54, 1.807) is 20.8 Å². The van der Waals surface area contributed by atoms with Gasteiger partial charge in [-0.25, -0.2) is 9.18 Å². The minimum absolute atomic E-state index is 0.288. The number of hydrogen-bond donors (Lipinski definition) is 2. The largest absolute Gasteiger partial charge is 0.444 e. The second-order valence-corrected chi connectivity index (χ2v) is 5.61. The third-order valence-electron chi connectivity index (χ3n) is 2.64. The van der Waals surface area contributed by atoms with E-state index >= 15 is 0 Å². The molecule has 4 nitrogen and oxygen atoms in total. The quantitative estimate of drug-likeness (QED) is 0.758. The number of alkyl carbamates (subject to hydrolysis) is 1. The summed E-state index contributed by atoms with van der Waals surface area (Å²) in [6.07, 6.45) is -1.42. The smallest absolute Gasteiger partial charge is 0.407 e. The highest BCUT2D eigenvalue weighted by molar-refractivity contribution is 5.67. The van der Waals surface area contributed by atoms with Gasteiger partial charge in [0.15, 0.2) is 0 Å². The summed E-state index contributed by atoms with van der Waals surface area (Å²) in [4.78, 5) is 11.4. The van der Waals surface area contributed by atoms with Crippen LogP contribution < -0.4 is 10.6 Å². The van der Waals surface area contributed by atoms with E-state index in [-0.39, 0.29) is 6.54 Å². The van der Waals surface area contributed by atoms with Crippen molar-refractivity contribution >= 4 is 6.09 Å². The fourth-order valence-electron chi connectivity index (χ4n) is 1.60. The number of nitrogens with one attached hydrogen (secondary N) is 2. The summed E-state index contributed by atoms with van der Waals surface area (Å²) in [5.74, 6) is 0. The maximum Gasteiger partial charge on any atom is 0.407 e. The molecule has 1 rings (SSSR count). The van der Waals surface area contributed by atoms with Crippen molar-refractivity contribution in [3.63, 3.8) is 0 Å². The molecule has 0 radical (unpaired) electrons. The van der Waals surface area contributed by atoms with Crippen LogP contribution in [0.5, 0.6) is 0 Å². The van der Waals surface area contributed by atoms with Crippen molar-refractivity contribution in [2.75, 3.05) is 19.6 Å². The van der Waals surface area contributed by atoms with Gasteiger partial charge in [-0.05, 0) is 20.8 Å². The molecule has 2 atom stereocenters. The average Bonchev–Trinajstić information content (AvgIpc) is 2.42. The Morgan fingerprint density at radius 2 is 2.25 bits per heavy atom. The van der Waals surface area contributed by atoms with Gasteiger partial charge in [0, 0.05) is 25.0 Å². The monoisotopic (exact) mass is 232 g/mol. The predicted molar refractivity (Wildman–Crippen MR) is 60.1 cm³/mol. The zero-order chi connectivity index (χ0) is 12.4. The number of carbonyl (C=O) groups is 1. The van der Waals surface area contributed by atoms with Crippen molar-refractivity contribution in [1.29, 1.82) is 0 Å². The first-order valence-electron chi connectivity index (χ1n) is 5.55. The SMILES string of the molecule is CC(C)(C)OC(=O)NC[C@@]1(C)CNCC1F. The first kappa shape index (κ1) is 13.2. The first-order valence-corrected chi connectivity index (χ1v) is 5.55. The van der Waals surface area contributed by atoms with Gasteiger partial charge in [0.2, 0.25) is 0 Å². The van der Waals surface area contributed by atoms with Crippen molar-refractivity contribution in [2.45, 2.75) is 39.5 Å². The maximum absolute atomic E-state index is 13.5.